The molecule has 0 spiro atoms. The summed E-state index contributed by atoms with van der Waals surface area (Å²) >= 11 is 0. The van der Waals surface area contributed by atoms with E-state index >= 15 is 0 Å². The normalized spacial score (nSPS) is 53.8. The van der Waals surface area contributed by atoms with Gasteiger partial charge in [0, 0.05) is 5.92 Å². The summed E-state index contributed by atoms with van der Waals surface area (Å²) in [6.45, 7) is 2.06. The molecule has 0 aromatic heterocycles. The van der Waals surface area contributed by atoms with Gasteiger partial charge in [0.05, 0.1) is 11.2 Å². The van der Waals surface area contributed by atoms with Gasteiger partial charge in [-0.2, -0.15) is 0 Å². The van der Waals surface area contributed by atoms with E-state index in [0.717, 1.165) is 12.8 Å². The van der Waals surface area contributed by atoms with Crippen LogP contribution >= 0.6 is 0 Å². The van der Waals surface area contributed by atoms with Gasteiger partial charge in [-0.1, -0.05) is 6.92 Å². The molecular formula is C12H20O2. The average molecular weight is 196 g/mol. The van der Waals surface area contributed by atoms with Crippen molar-refractivity contribution in [1.29, 1.82) is 0 Å². The minimum atomic E-state index is -0.530. The highest BCUT2D eigenvalue weighted by molar-refractivity contribution is 5.14. The first-order chi connectivity index (χ1) is 6.57. The molecule has 0 aliphatic heterocycles. The van der Waals surface area contributed by atoms with Crippen LogP contribution < -0.4 is 0 Å². The number of hydrogen-bond donors (Lipinski definition) is 2. The maximum atomic E-state index is 10.6. The Morgan fingerprint density at radius 3 is 1.50 bits per heavy atom. The monoisotopic (exact) mass is 196 g/mol. The first kappa shape index (κ1) is 9.17. The minimum absolute atomic E-state index is 0.0926. The maximum absolute atomic E-state index is 10.6. The van der Waals surface area contributed by atoms with Crippen molar-refractivity contribution in [2.75, 3.05) is 0 Å². The van der Waals surface area contributed by atoms with Crippen LogP contribution in [0.1, 0.15) is 45.4 Å². The van der Waals surface area contributed by atoms with Crippen LogP contribution in [0.15, 0.2) is 0 Å². The van der Waals surface area contributed by atoms with E-state index in [1.807, 2.05) is 0 Å². The molecule has 14 heavy (non-hydrogen) atoms. The summed E-state index contributed by atoms with van der Waals surface area (Å²) in [7, 11) is 0. The molecule has 1 unspecified atom stereocenters. The summed E-state index contributed by atoms with van der Waals surface area (Å²) < 4.78 is 0. The van der Waals surface area contributed by atoms with E-state index in [-0.39, 0.29) is 5.92 Å². The fraction of sp³-hybridized carbons (Fsp3) is 1.00. The third-order valence-corrected chi connectivity index (χ3v) is 4.99. The van der Waals surface area contributed by atoms with Crippen molar-refractivity contribution in [3.8, 4) is 0 Å². The molecule has 3 saturated carbocycles. The summed E-state index contributed by atoms with van der Waals surface area (Å²) in [4.78, 5) is 0. The van der Waals surface area contributed by atoms with Gasteiger partial charge in [0.15, 0.2) is 0 Å². The van der Waals surface area contributed by atoms with Crippen molar-refractivity contribution >= 4 is 0 Å². The molecule has 3 rings (SSSR count). The summed E-state index contributed by atoms with van der Waals surface area (Å²) in [6.07, 6.45) is 6.32. The van der Waals surface area contributed by atoms with E-state index in [0.29, 0.717) is 11.8 Å². The van der Waals surface area contributed by atoms with E-state index in [4.69, 9.17) is 0 Å². The molecule has 3 fully saturated rings. The van der Waals surface area contributed by atoms with Crippen LogP contribution in [0.3, 0.4) is 0 Å². The van der Waals surface area contributed by atoms with E-state index in [1.54, 1.807) is 0 Å². The zero-order valence-corrected chi connectivity index (χ0v) is 8.87. The Bertz CT molecular complexity index is 231. The average Bonchev–Trinajstić information content (AvgIpc) is 3.05. The van der Waals surface area contributed by atoms with Gasteiger partial charge in [0.25, 0.3) is 0 Å². The molecular weight excluding hydrogens is 176 g/mol. The summed E-state index contributed by atoms with van der Waals surface area (Å²) in [5, 5.41) is 21.1. The van der Waals surface area contributed by atoms with Crippen LogP contribution in [-0.2, 0) is 0 Å². The Morgan fingerprint density at radius 1 is 0.857 bits per heavy atom. The van der Waals surface area contributed by atoms with Crippen molar-refractivity contribution in [2.24, 2.45) is 17.8 Å². The molecule has 3 aliphatic carbocycles. The molecule has 3 aliphatic rings. The van der Waals surface area contributed by atoms with Crippen LogP contribution in [0.4, 0.5) is 0 Å². The molecule has 2 heteroatoms. The maximum Gasteiger partial charge on any atom is 0.0729 e. The van der Waals surface area contributed by atoms with Crippen LogP contribution in [0, 0.1) is 17.8 Å². The Balaban J connectivity index is 1.85. The van der Waals surface area contributed by atoms with Crippen LogP contribution in [0.2, 0.25) is 0 Å². The summed E-state index contributed by atoms with van der Waals surface area (Å²) in [6, 6.07) is 0. The standard InChI is InChI=1S/C12H20O2/c1-8-11(13,9-2-3-9)6-7-12(8,14)10-4-5-10/h8-10,13-14H,2-7H2,1H3/t8?,11-,12+. The van der Waals surface area contributed by atoms with Crippen molar-refractivity contribution in [1.82, 2.24) is 0 Å². The van der Waals surface area contributed by atoms with Gasteiger partial charge in [-0.25, -0.2) is 0 Å². The molecule has 2 N–H and O–H groups in total. The van der Waals surface area contributed by atoms with E-state index in [2.05, 4.69) is 6.92 Å². The van der Waals surface area contributed by atoms with Gasteiger partial charge in [0.2, 0.25) is 0 Å². The fourth-order valence-corrected chi connectivity index (χ4v) is 3.55. The van der Waals surface area contributed by atoms with Crippen molar-refractivity contribution in [2.45, 2.75) is 56.7 Å². The smallest absolute Gasteiger partial charge is 0.0729 e. The van der Waals surface area contributed by atoms with Crippen molar-refractivity contribution < 1.29 is 10.2 Å². The van der Waals surface area contributed by atoms with Gasteiger partial charge < -0.3 is 10.2 Å². The molecule has 3 atom stereocenters. The van der Waals surface area contributed by atoms with Crippen molar-refractivity contribution in [3.05, 3.63) is 0 Å². The topological polar surface area (TPSA) is 40.5 Å². The molecule has 0 saturated heterocycles. The number of hydrogen-bond acceptors (Lipinski definition) is 2. The second kappa shape index (κ2) is 2.53. The predicted octanol–water partition coefficient (Wildman–Crippen LogP) is 1.70. The largest absolute Gasteiger partial charge is 0.389 e. The molecule has 80 valence electrons. The lowest BCUT2D eigenvalue weighted by atomic mass is 9.79. The minimum Gasteiger partial charge on any atom is -0.389 e. The van der Waals surface area contributed by atoms with E-state index in [1.165, 1.54) is 25.7 Å². The Labute approximate surface area is 85.3 Å². The van der Waals surface area contributed by atoms with Gasteiger partial charge in [-0.15, -0.1) is 0 Å². The van der Waals surface area contributed by atoms with Crippen LogP contribution in [0.5, 0.6) is 0 Å². The summed E-state index contributed by atoms with van der Waals surface area (Å²) in [5.41, 5.74) is -1.06. The van der Waals surface area contributed by atoms with E-state index in [9.17, 15) is 10.2 Å². The molecule has 0 bridgehead atoms. The molecule has 0 amide bonds. The fourth-order valence-electron chi connectivity index (χ4n) is 3.55. The highest BCUT2D eigenvalue weighted by atomic mass is 16.3. The van der Waals surface area contributed by atoms with E-state index < -0.39 is 11.2 Å². The molecule has 0 heterocycles. The number of aliphatic hydroxyl groups is 2. The predicted molar refractivity (Wildman–Crippen MR) is 53.7 cm³/mol. The van der Waals surface area contributed by atoms with Gasteiger partial charge >= 0.3 is 0 Å². The first-order valence-electron chi connectivity index (χ1n) is 6.02. The van der Waals surface area contributed by atoms with Gasteiger partial charge in [0.1, 0.15) is 0 Å². The molecule has 0 aromatic carbocycles. The lowest BCUT2D eigenvalue weighted by Crippen LogP contribution is -2.45. The second-order valence-corrected chi connectivity index (χ2v) is 5.75. The third kappa shape index (κ3) is 1.04. The Kier molecular flexibility index (Phi) is 1.66. The quantitative estimate of drug-likeness (QED) is 0.705. The molecule has 0 aromatic rings. The lowest BCUT2D eigenvalue weighted by molar-refractivity contribution is -0.0872. The number of rotatable bonds is 2. The zero-order valence-electron chi connectivity index (χ0n) is 8.87. The SMILES string of the molecule is CC1[C@](O)(C2CC2)CC[C@]1(O)C1CC1. The highest BCUT2D eigenvalue weighted by Crippen LogP contribution is 2.60. The van der Waals surface area contributed by atoms with Crippen LogP contribution in [-0.4, -0.2) is 21.4 Å². The van der Waals surface area contributed by atoms with Crippen LogP contribution in [0.25, 0.3) is 0 Å². The Hall–Kier alpha value is -0.0800. The van der Waals surface area contributed by atoms with Crippen molar-refractivity contribution in [3.63, 3.8) is 0 Å². The summed E-state index contributed by atoms with van der Waals surface area (Å²) in [5.74, 6) is 1.07. The molecule has 2 nitrogen and oxygen atoms in total. The molecule has 0 radical (unpaired) electrons. The first-order valence-corrected chi connectivity index (χ1v) is 6.02. The zero-order chi connectivity index (χ0) is 9.97. The highest BCUT2D eigenvalue weighted by Gasteiger charge is 2.62. The lowest BCUT2D eigenvalue weighted by Gasteiger charge is -2.35. The van der Waals surface area contributed by atoms with Gasteiger partial charge in [-0.05, 0) is 50.4 Å². The second-order valence-electron chi connectivity index (χ2n) is 5.75. The van der Waals surface area contributed by atoms with Gasteiger partial charge in [-0.3, -0.25) is 0 Å². The Morgan fingerprint density at radius 2 is 1.21 bits per heavy atom. The third-order valence-electron chi connectivity index (χ3n) is 4.99.